The molecule has 6 heteroatoms. The number of ether oxygens (including phenoxy) is 1. The molecule has 1 aromatic carbocycles. The number of nitriles is 1. The first-order valence-electron chi connectivity index (χ1n) is 5.90. The molecule has 0 radical (unpaired) electrons. The lowest BCUT2D eigenvalue weighted by Crippen LogP contribution is -2.30. The van der Waals surface area contributed by atoms with Crippen molar-refractivity contribution in [2.24, 2.45) is 5.84 Å². The van der Waals surface area contributed by atoms with E-state index in [2.05, 4.69) is 11.5 Å². The second-order valence-electron chi connectivity index (χ2n) is 4.02. The third-order valence-corrected chi connectivity index (χ3v) is 3.64. The molecule has 0 atom stereocenters. The number of hydrazine groups is 1. The molecule has 0 aliphatic rings. The average Bonchev–Trinajstić information content (AvgIpc) is 2.94. The van der Waals surface area contributed by atoms with Crippen LogP contribution in [-0.2, 0) is 13.0 Å². The van der Waals surface area contributed by atoms with E-state index in [1.165, 1.54) is 11.3 Å². The van der Waals surface area contributed by atoms with Crippen LogP contribution in [0, 0.1) is 11.3 Å². The van der Waals surface area contributed by atoms with E-state index in [0.717, 1.165) is 11.1 Å². The minimum absolute atomic E-state index is 0.295. The predicted octanol–water partition coefficient (Wildman–Crippen LogP) is 2.00. The lowest BCUT2D eigenvalue weighted by atomic mass is 10.2. The van der Waals surface area contributed by atoms with Crippen molar-refractivity contribution in [1.82, 2.24) is 5.43 Å². The summed E-state index contributed by atoms with van der Waals surface area (Å²) in [5.41, 5.74) is 3.85. The van der Waals surface area contributed by atoms with Gasteiger partial charge in [-0.1, -0.05) is 12.1 Å². The molecule has 3 N–H and O–H groups in total. The van der Waals surface area contributed by atoms with Gasteiger partial charge in [-0.05, 0) is 29.1 Å². The molecule has 0 unspecified atom stereocenters. The highest BCUT2D eigenvalue weighted by Gasteiger charge is 2.12. The average molecular weight is 287 g/mol. The highest BCUT2D eigenvalue weighted by Crippen LogP contribution is 2.20. The molecule has 5 nitrogen and oxygen atoms in total. The Balaban J connectivity index is 2.00. The third kappa shape index (κ3) is 3.35. The molecule has 2 aromatic rings. The van der Waals surface area contributed by atoms with Gasteiger partial charge in [0.2, 0.25) is 0 Å². The molecule has 1 aromatic heterocycles. The van der Waals surface area contributed by atoms with Gasteiger partial charge in [-0.25, -0.2) is 5.84 Å². The third-order valence-electron chi connectivity index (χ3n) is 2.68. The van der Waals surface area contributed by atoms with Crippen LogP contribution in [0.15, 0.2) is 35.7 Å². The number of nitrogens with two attached hydrogens (primary N) is 1. The summed E-state index contributed by atoms with van der Waals surface area (Å²) in [6, 6.07) is 11.2. The molecule has 0 aliphatic heterocycles. The van der Waals surface area contributed by atoms with Gasteiger partial charge in [-0.15, -0.1) is 11.3 Å². The summed E-state index contributed by atoms with van der Waals surface area (Å²) in [5, 5.41) is 10.4. The summed E-state index contributed by atoms with van der Waals surface area (Å²) in [4.78, 5) is 12.1. The second-order valence-corrected chi connectivity index (χ2v) is 4.93. The van der Waals surface area contributed by atoms with E-state index in [4.69, 9.17) is 15.8 Å². The van der Waals surface area contributed by atoms with E-state index in [9.17, 15) is 4.79 Å². The first-order chi connectivity index (χ1) is 9.74. The van der Waals surface area contributed by atoms with Gasteiger partial charge in [0.25, 0.3) is 5.91 Å². The number of rotatable bonds is 5. The van der Waals surface area contributed by atoms with Crippen LogP contribution in [0.5, 0.6) is 5.75 Å². The van der Waals surface area contributed by atoms with Gasteiger partial charge in [0.05, 0.1) is 17.4 Å². The Bertz CT molecular complexity index is 629. The summed E-state index contributed by atoms with van der Waals surface area (Å²) in [5.74, 6) is 5.50. The Morgan fingerprint density at radius 3 is 2.75 bits per heavy atom. The summed E-state index contributed by atoms with van der Waals surface area (Å²) in [6.45, 7) is 0.295. The van der Waals surface area contributed by atoms with Gasteiger partial charge in [0.15, 0.2) is 0 Å². The highest BCUT2D eigenvalue weighted by atomic mass is 32.1. The van der Waals surface area contributed by atoms with Crippen molar-refractivity contribution in [1.29, 1.82) is 5.26 Å². The number of hydrogen-bond acceptors (Lipinski definition) is 5. The van der Waals surface area contributed by atoms with Crippen LogP contribution in [0.4, 0.5) is 0 Å². The number of nitrogen functional groups attached to an aromatic ring is 1. The Hall–Kier alpha value is -2.36. The van der Waals surface area contributed by atoms with E-state index in [1.54, 1.807) is 0 Å². The van der Waals surface area contributed by atoms with Crippen molar-refractivity contribution < 1.29 is 9.53 Å². The number of thiophene rings is 1. The van der Waals surface area contributed by atoms with Crippen LogP contribution in [0.2, 0.25) is 0 Å². The van der Waals surface area contributed by atoms with E-state index >= 15 is 0 Å². The molecule has 1 heterocycles. The van der Waals surface area contributed by atoms with Crippen molar-refractivity contribution >= 4 is 17.2 Å². The summed E-state index contributed by atoms with van der Waals surface area (Å²) < 4.78 is 5.62. The van der Waals surface area contributed by atoms with E-state index in [1.807, 2.05) is 35.7 Å². The smallest absolute Gasteiger partial charge is 0.275 e. The fraction of sp³-hybridized carbons (Fsp3) is 0.143. The molecule has 0 saturated carbocycles. The molecular formula is C14H13N3O2S. The first-order valence-corrected chi connectivity index (χ1v) is 6.78. The Kier molecular flexibility index (Phi) is 4.71. The lowest BCUT2D eigenvalue weighted by Gasteiger charge is -2.07. The van der Waals surface area contributed by atoms with Gasteiger partial charge in [0, 0.05) is 5.56 Å². The zero-order valence-electron chi connectivity index (χ0n) is 10.6. The summed E-state index contributed by atoms with van der Waals surface area (Å²) in [7, 11) is 0. The van der Waals surface area contributed by atoms with Crippen LogP contribution in [0.3, 0.4) is 0 Å². The molecule has 0 spiro atoms. The topological polar surface area (TPSA) is 88.1 Å². The zero-order valence-corrected chi connectivity index (χ0v) is 11.4. The van der Waals surface area contributed by atoms with Gasteiger partial charge in [0.1, 0.15) is 12.4 Å². The van der Waals surface area contributed by atoms with Gasteiger partial charge < -0.3 is 4.74 Å². The van der Waals surface area contributed by atoms with E-state index in [-0.39, 0.29) is 5.91 Å². The fourth-order valence-corrected chi connectivity index (χ4v) is 2.48. The van der Waals surface area contributed by atoms with Crippen LogP contribution < -0.4 is 16.0 Å². The van der Waals surface area contributed by atoms with Crippen LogP contribution >= 0.6 is 11.3 Å². The van der Waals surface area contributed by atoms with Crippen molar-refractivity contribution in [3.8, 4) is 11.8 Å². The minimum Gasteiger partial charge on any atom is -0.489 e. The largest absolute Gasteiger partial charge is 0.489 e. The van der Waals surface area contributed by atoms with Crippen molar-refractivity contribution in [2.45, 2.75) is 13.0 Å². The SMILES string of the molecule is N#CCc1ccc(OCc2ccsc2C(=O)NN)cc1. The van der Waals surface area contributed by atoms with Crippen molar-refractivity contribution in [2.75, 3.05) is 0 Å². The summed E-state index contributed by atoms with van der Waals surface area (Å²) in [6.07, 6.45) is 0.381. The lowest BCUT2D eigenvalue weighted by molar-refractivity contribution is 0.0955. The molecule has 0 aliphatic carbocycles. The van der Waals surface area contributed by atoms with Crippen LogP contribution in [0.1, 0.15) is 20.8 Å². The number of nitrogens with one attached hydrogen (secondary N) is 1. The van der Waals surface area contributed by atoms with Crippen LogP contribution in [-0.4, -0.2) is 5.91 Å². The van der Waals surface area contributed by atoms with Crippen LogP contribution in [0.25, 0.3) is 0 Å². The van der Waals surface area contributed by atoms with Gasteiger partial charge >= 0.3 is 0 Å². The van der Waals surface area contributed by atoms with Gasteiger partial charge in [-0.3, -0.25) is 10.2 Å². The molecule has 102 valence electrons. The number of nitrogens with zero attached hydrogens (tertiary/aromatic N) is 1. The number of amides is 1. The molecular weight excluding hydrogens is 274 g/mol. The maximum absolute atomic E-state index is 11.5. The number of benzene rings is 1. The monoisotopic (exact) mass is 287 g/mol. The normalized spacial score (nSPS) is 9.80. The number of carbonyl (C=O) groups is 1. The van der Waals surface area contributed by atoms with Crippen molar-refractivity contribution in [3.63, 3.8) is 0 Å². The Morgan fingerprint density at radius 2 is 2.10 bits per heavy atom. The maximum Gasteiger partial charge on any atom is 0.275 e. The fourth-order valence-electron chi connectivity index (χ4n) is 1.67. The molecule has 1 amide bonds. The molecule has 0 bridgehead atoms. The Labute approximate surface area is 120 Å². The maximum atomic E-state index is 11.5. The van der Waals surface area contributed by atoms with Gasteiger partial charge in [-0.2, -0.15) is 5.26 Å². The zero-order chi connectivity index (χ0) is 14.4. The van der Waals surface area contributed by atoms with Crippen molar-refractivity contribution in [3.05, 3.63) is 51.7 Å². The Morgan fingerprint density at radius 1 is 1.35 bits per heavy atom. The highest BCUT2D eigenvalue weighted by molar-refractivity contribution is 7.12. The van der Waals surface area contributed by atoms with E-state index in [0.29, 0.717) is 23.7 Å². The molecule has 20 heavy (non-hydrogen) atoms. The standard InChI is InChI=1S/C14H13N3O2S/c15-7-5-10-1-3-12(4-2-10)19-9-11-6-8-20-13(11)14(18)17-16/h1-4,6,8H,5,9,16H2,(H,17,18). The van der Waals surface area contributed by atoms with E-state index < -0.39 is 0 Å². The summed E-state index contributed by atoms with van der Waals surface area (Å²) >= 11 is 1.32. The predicted molar refractivity (Wildman–Crippen MR) is 76.1 cm³/mol. The quantitative estimate of drug-likeness (QED) is 0.500. The molecule has 0 fully saturated rings. The number of hydrogen-bond donors (Lipinski definition) is 2. The first kappa shape index (κ1) is 14.1. The second kappa shape index (κ2) is 6.70. The molecule has 2 rings (SSSR count). The minimum atomic E-state index is -0.317. The number of carbonyl (C=O) groups excluding carboxylic acids is 1. The molecule has 0 saturated heterocycles.